The summed E-state index contributed by atoms with van der Waals surface area (Å²) in [7, 11) is 0. The minimum atomic E-state index is 0.592. The first-order chi connectivity index (χ1) is 10.3. The number of thiazole rings is 1. The molecule has 3 rings (SSSR count). The first kappa shape index (κ1) is 14.2. The van der Waals surface area contributed by atoms with Gasteiger partial charge in [0.1, 0.15) is 5.01 Å². The molecule has 3 aromatic rings. The molecule has 0 bridgehead atoms. The lowest BCUT2D eigenvalue weighted by Gasteiger charge is -2.11. The van der Waals surface area contributed by atoms with Crippen LogP contribution in [-0.4, -0.2) is 11.5 Å². The third-order valence-corrected chi connectivity index (χ3v) is 4.77. The highest BCUT2D eigenvalue weighted by Gasteiger charge is 2.05. The van der Waals surface area contributed by atoms with Crippen LogP contribution in [0.4, 0.5) is 0 Å². The van der Waals surface area contributed by atoms with Crippen LogP contribution in [0.2, 0.25) is 0 Å². The zero-order valence-electron chi connectivity index (χ0n) is 12.3. The van der Waals surface area contributed by atoms with Crippen LogP contribution in [-0.2, 0) is 6.54 Å². The lowest BCUT2D eigenvalue weighted by Crippen LogP contribution is -2.16. The third-order valence-electron chi connectivity index (χ3n) is 3.74. The maximum atomic E-state index is 4.64. The van der Waals surface area contributed by atoms with Crippen molar-refractivity contribution in [1.29, 1.82) is 0 Å². The number of hydrogen-bond donors (Lipinski definition) is 1. The Morgan fingerprint density at radius 1 is 1.05 bits per heavy atom. The predicted molar refractivity (Wildman–Crippen MR) is 90.8 cm³/mol. The summed E-state index contributed by atoms with van der Waals surface area (Å²) in [4.78, 5) is 4.64. The normalized spacial score (nSPS) is 12.6. The Labute approximate surface area is 129 Å². The van der Waals surface area contributed by atoms with Gasteiger partial charge in [0.2, 0.25) is 0 Å². The number of para-hydroxylation sites is 1. The van der Waals surface area contributed by atoms with Crippen molar-refractivity contribution >= 4 is 21.6 Å². The predicted octanol–water partition coefficient (Wildman–Crippen LogP) is 4.58. The van der Waals surface area contributed by atoms with Crippen LogP contribution in [0.15, 0.2) is 54.6 Å². The maximum absolute atomic E-state index is 4.64. The van der Waals surface area contributed by atoms with Crippen molar-refractivity contribution < 1.29 is 0 Å². The second kappa shape index (κ2) is 6.83. The summed E-state index contributed by atoms with van der Waals surface area (Å²) in [6.07, 6.45) is 1.15. The van der Waals surface area contributed by atoms with E-state index in [2.05, 4.69) is 65.8 Å². The molecule has 2 aromatic carbocycles. The lowest BCUT2D eigenvalue weighted by molar-refractivity contribution is 0.593. The van der Waals surface area contributed by atoms with Crippen molar-refractivity contribution in [3.8, 4) is 0 Å². The van der Waals surface area contributed by atoms with Gasteiger partial charge in [-0.3, -0.25) is 0 Å². The molecule has 0 spiro atoms. The van der Waals surface area contributed by atoms with Gasteiger partial charge >= 0.3 is 0 Å². The summed E-state index contributed by atoms with van der Waals surface area (Å²) in [6, 6.07) is 19.0. The van der Waals surface area contributed by atoms with E-state index in [1.54, 1.807) is 11.3 Å². The molecule has 0 radical (unpaired) electrons. The molecule has 21 heavy (non-hydrogen) atoms. The van der Waals surface area contributed by atoms with Crippen molar-refractivity contribution in [3.63, 3.8) is 0 Å². The molecule has 1 aromatic heterocycles. The van der Waals surface area contributed by atoms with Crippen molar-refractivity contribution in [2.45, 2.75) is 25.8 Å². The number of nitrogens with one attached hydrogen (secondary N) is 1. The minimum absolute atomic E-state index is 0.592. The van der Waals surface area contributed by atoms with Crippen LogP contribution in [0.25, 0.3) is 10.2 Å². The first-order valence-corrected chi connectivity index (χ1v) is 8.24. The molecule has 1 atom stereocenters. The molecule has 0 saturated heterocycles. The summed E-state index contributed by atoms with van der Waals surface area (Å²) < 4.78 is 1.27. The fourth-order valence-corrected chi connectivity index (χ4v) is 3.39. The van der Waals surface area contributed by atoms with E-state index < -0.39 is 0 Å². The molecule has 1 unspecified atom stereocenters. The Morgan fingerprint density at radius 2 is 1.81 bits per heavy atom. The van der Waals surface area contributed by atoms with Crippen molar-refractivity contribution in [1.82, 2.24) is 10.3 Å². The van der Waals surface area contributed by atoms with Crippen LogP contribution in [0.1, 0.15) is 29.8 Å². The van der Waals surface area contributed by atoms with Crippen LogP contribution in [0, 0.1) is 0 Å². The summed E-state index contributed by atoms with van der Waals surface area (Å²) in [6.45, 7) is 4.17. The fourth-order valence-electron chi connectivity index (χ4n) is 2.46. The molecule has 0 aliphatic carbocycles. The number of rotatable bonds is 6. The minimum Gasteiger partial charge on any atom is -0.310 e. The van der Waals surface area contributed by atoms with Gasteiger partial charge in [0, 0.05) is 6.54 Å². The van der Waals surface area contributed by atoms with Gasteiger partial charge in [-0.25, -0.2) is 4.98 Å². The molecule has 1 heterocycles. The van der Waals surface area contributed by atoms with Gasteiger partial charge in [0.25, 0.3) is 0 Å². The van der Waals surface area contributed by atoms with Crippen molar-refractivity contribution in [3.05, 3.63) is 65.2 Å². The number of aromatic nitrogens is 1. The first-order valence-electron chi connectivity index (χ1n) is 7.43. The van der Waals surface area contributed by atoms with Gasteiger partial charge in [0.15, 0.2) is 0 Å². The Balaban J connectivity index is 1.48. The Bertz CT molecular complexity index is 658. The molecular formula is C18H20N2S. The topological polar surface area (TPSA) is 24.9 Å². The Hall–Kier alpha value is -1.71. The van der Waals surface area contributed by atoms with Crippen LogP contribution in [0.3, 0.4) is 0 Å². The number of benzene rings is 2. The monoisotopic (exact) mass is 296 g/mol. The standard InChI is InChI=1S/C18H20N2S/c1-14(15-7-3-2-4-8-15)11-12-19-13-18-20-16-9-5-6-10-17(16)21-18/h2-10,14,19H,11-13H2,1H3. The second-order valence-corrected chi connectivity index (χ2v) is 6.47. The molecule has 1 N–H and O–H groups in total. The molecule has 0 aliphatic heterocycles. The van der Waals surface area contributed by atoms with E-state index in [9.17, 15) is 0 Å². The van der Waals surface area contributed by atoms with Crippen LogP contribution >= 0.6 is 11.3 Å². The van der Waals surface area contributed by atoms with Crippen molar-refractivity contribution in [2.24, 2.45) is 0 Å². The van der Waals surface area contributed by atoms with Gasteiger partial charge < -0.3 is 5.32 Å². The maximum Gasteiger partial charge on any atom is 0.108 e. The summed E-state index contributed by atoms with van der Waals surface area (Å²) in [5.41, 5.74) is 2.52. The van der Waals surface area contributed by atoms with E-state index in [1.807, 2.05) is 6.07 Å². The van der Waals surface area contributed by atoms with Gasteiger partial charge in [-0.1, -0.05) is 49.4 Å². The molecule has 0 aliphatic rings. The molecule has 0 amide bonds. The Morgan fingerprint density at radius 3 is 2.62 bits per heavy atom. The summed E-state index contributed by atoms with van der Waals surface area (Å²) in [5, 5.41) is 4.68. The molecule has 3 heteroatoms. The van der Waals surface area contributed by atoms with Crippen LogP contribution < -0.4 is 5.32 Å². The lowest BCUT2D eigenvalue weighted by atomic mass is 9.98. The molecular weight excluding hydrogens is 276 g/mol. The number of nitrogens with zero attached hydrogens (tertiary/aromatic N) is 1. The van der Waals surface area contributed by atoms with E-state index in [-0.39, 0.29) is 0 Å². The number of fused-ring (bicyclic) bond motifs is 1. The third kappa shape index (κ3) is 3.69. The zero-order chi connectivity index (χ0) is 14.5. The number of hydrogen-bond acceptors (Lipinski definition) is 3. The molecule has 2 nitrogen and oxygen atoms in total. The average molecular weight is 296 g/mol. The van der Waals surface area contributed by atoms with E-state index in [0.29, 0.717) is 5.92 Å². The van der Waals surface area contributed by atoms with Gasteiger partial charge in [0.05, 0.1) is 10.2 Å². The van der Waals surface area contributed by atoms with Crippen LogP contribution in [0.5, 0.6) is 0 Å². The van der Waals surface area contributed by atoms with Gasteiger partial charge in [-0.2, -0.15) is 0 Å². The average Bonchev–Trinajstić information content (AvgIpc) is 2.95. The van der Waals surface area contributed by atoms with E-state index in [4.69, 9.17) is 0 Å². The second-order valence-electron chi connectivity index (χ2n) is 5.35. The quantitative estimate of drug-likeness (QED) is 0.673. The van der Waals surface area contributed by atoms with E-state index >= 15 is 0 Å². The molecule has 0 saturated carbocycles. The smallest absolute Gasteiger partial charge is 0.108 e. The SMILES string of the molecule is CC(CCNCc1nc2ccccc2s1)c1ccccc1. The highest BCUT2D eigenvalue weighted by Crippen LogP contribution is 2.21. The van der Waals surface area contributed by atoms with Gasteiger partial charge in [-0.15, -0.1) is 11.3 Å². The highest BCUT2D eigenvalue weighted by molar-refractivity contribution is 7.18. The molecule has 0 fully saturated rings. The van der Waals surface area contributed by atoms with E-state index in [0.717, 1.165) is 25.0 Å². The summed E-state index contributed by atoms with van der Waals surface area (Å²) >= 11 is 1.78. The summed E-state index contributed by atoms with van der Waals surface area (Å²) in [5.74, 6) is 0.592. The van der Waals surface area contributed by atoms with Gasteiger partial charge in [-0.05, 0) is 36.6 Å². The largest absolute Gasteiger partial charge is 0.310 e. The van der Waals surface area contributed by atoms with Crippen molar-refractivity contribution in [2.75, 3.05) is 6.54 Å². The Kier molecular flexibility index (Phi) is 4.63. The zero-order valence-corrected chi connectivity index (χ0v) is 13.1. The highest BCUT2D eigenvalue weighted by atomic mass is 32.1. The molecule has 108 valence electrons. The fraction of sp³-hybridized carbons (Fsp3) is 0.278. The van der Waals surface area contributed by atoms with E-state index in [1.165, 1.54) is 15.3 Å².